The molecule has 0 atom stereocenters. The molecule has 8 heteroatoms. The number of hydrogen-bond acceptors (Lipinski definition) is 4. The van der Waals surface area contributed by atoms with Crippen molar-refractivity contribution in [3.05, 3.63) is 0 Å². The van der Waals surface area contributed by atoms with Crippen LogP contribution in [0.4, 0.5) is 8.78 Å². The maximum absolute atomic E-state index is 11.8. The minimum absolute atomic E-state index is 0.0111. The molecule has 14 heavy (non-hydrogen) atoms. The average Bonchev–Trinajstić information content (AvgIpc) is 2.10. The van der Waals surface area contributed by atoms with Crippen LogP contribution >= 0.6 is 11.8 Å². The second-order valence-corrected chi connectivity index (χ2v) is 5.35. The van der Waals surface area contributed by atoms with Crippen LogP contribution in [-0.4, -0.2) is 43.9 Å². The Bertz CT molecular complexity index is 233. The summed E-state index contributed by atoms with van der Waals surface area (Å²) >= 11 is 1.40. The van der Waals surface area contributed by atoms with Crippen LogP contribution in [0.5, 0.6) is 0 Å². The first-order valence-corrected chi connectivity index (χ1v) is 6.66. The van der Waals surface area contributed by atoms with E-state index in [9.17, 15) is 17.2 Å². The summed E-state index contributed by atoms with van der Waals surface area (Å²) in [4.78, 5) is 0. The highest BCUT2D eigenvalue weighted by Crippen LogP contribution is 2.03. The Morgan fingerprint density at radius 3 is 2.50 bits per heavy atom. The number of aliphatic hydroxyl groups is 1. The number of thioether (sulfide) groups is 1. The van der Waals surface area contributed by atoms with E-state index in [2.05, 4.69) is 0 Å². The van der Waals surface area contributed by atoms with E-state index in [4.69, 9.17) is 5.11 Å². The van der Waals surface area contributed by atoms with E-state index in [1.54, 1.807) is 4.72 Å². The molecule has 4 nitrogen and oxygen atoms in total. The molecule has 0 saturated carbocycles. The van der Waals surface area contributed by atoms with Gasteiger partial charge in [-0.3, -0.25) is 0 Å². The molecule has 0 aromatic carbocycles. The predicted molar refractivity (Wildman–Crippen MR) is 52.0 cm³/mol. The zero-order valence-electron chi connectivity index (χ0n) is 7.45. The summed E-state index contributed by atoms with van der Waals surface area (Å²) in [6.07, 6.45) is 0.617. The molecule has 2 N–H and O–H groups in total. The van der Waals surface area contributed by atoms with Crippen LogP contribution in [0.1, 0.15) is 6.42 Å². The van der Waals surface area contributed by atoms with Gasteiger partial charge in [-0.15, -0.1) is 0 Å². The predicted octanol–water partition coefficient (Wildman–Crippen LogP) is 0.244. The first-order chi connectivity index (χ1) is 6.50. The molecule has 0 fully saturated rings. The van der Waals surface area contributed by atoms with Crippen molar-refractivity contribution in [3.63, 3.8) is 0 Å². The minimum Gasteiger partial charge on any atom is -0.396 e. The Morgan fingerprint density at radius 1 is 1.36 bits per heavy atom. The first-order valence-electron chi connectivity index (χ1n) is 3.96. The SMILES string of the molecule is O=S(=O)(NCCSCCCO)C(F)F. The van der Waals surface area contributed by atoms with Gasteiger partial charge in [-0.05, 0) is 12.2 Å². The summed E-state index contributed by atoms with van der Waals surface area (Å²) in [5.74, 6) is -2.26. The molecule has 0 amide bonds. The van der Waals surface area contributed by atoms with E-state index >= 15 is 0 Å². The fourth-order valence-corrected chi connectivity index (χ4v) is 2.01. The van der Waals surface area contributed by atoms with Crippen molar-refractivity contribution in [2.75, 3.05) is 24.7 Å². The number of sulfonamides is 1. The molecule has 86 valence electrons. The minimum atomic E-state index is -4.44. The van der Waals surface area contributed by atoms with Gasteiger partial charge in [0.2, 0.25) is 0 Å². The van der Waals surface area contributed by atoms with Crippen LogP contribution in [0.15, 0.2) is 0 Å². The molecule has 0 heterocycles. The van der Waals surface area contributed by atoms with Crippen LogP contribution in [0.3, 0.4) is 0 Å². The third-order valence-electron chi connectivity index (χ3n) is 1.23. The molecular weight excluding hydrogens is 236 g/mol. The highest BCUT2D eigenvalue weighted by molar-refractivity contribution is 7.99. The molecule has 0 rings (SSSR count). The van der Waals surface area contributed by atoms with Crippen molar-refractivity contribution in [1.29, 1.82) is 0 Å². The van der Waals surface area contributed by atoms with Crippen LogP contribution in [0, 0.1) is 0 Å². The van der Waals surface area contributed by atoms with Gasteiger partial charge in [0.05, 0.1) is 0 Å². The van der Waals surface area contributed by atoms with E-state index in [1.165, 1.54) is 11.8 Å². The molecule has 0 aliphatic rings. The first kappa shape index (κ1) is 14.1. The van der Waals surface area contributed by atoms with Crippen LogP contribution in [-0.2, 0) is 10.0 Å². The van der Waals surface area contributed by atoms with E-state index < -0.39 is 15.8 Å². The molecular formula is C6H13F2NO3S2. The second kappa shape index (κ2) is 7.38. The summed E-state index contributed by atoms with van der Waals surface area (Å²) in [6.45, 7) is 0.0680. The molecule has 0 aromatic heterocycles. The standard InChI is InChI=1S/C6H13F2NO3S2/c7-6(8)14(11,12)9-2-5-13-4-1-3-10/h6,9-10H,1-5H2. The second-order valence-electron chi connectivity index (χ2n) is 2.39. The normalized spacial score (nSPS) is 12.3. The van der Waals surface area contributed by atoms with E-state index in [0.717, 1.165) is 0 Å². The lowest BCUT2D eigenvalue weighted by atomic mass is 10.5. The summed E-state index contributed by atoms with van der Waals surface area (Å²) in [5, 5.41) is 8.40. The molecule has 0 saturated heterocycles. The topological polar surface area (TPSA) is 66.4 Å². The molecule has 0 aromatic rings. The zero-order chi connectivity index (χ0) is 11.0. The van der Waals surface area contributed by atoms with Gasteiger partial charge in [0.25, 0.3) is 10.0 Å². The van der Waals surface area contributed by atoms with Crippen LogP contribution < -0.4 is 4.72 Å². The van der Waals surface area contributed by atoms with Crippen LogP contribution in [0.2, 0.25) is 0 Å². The highest BCUT2D eigenvalue weighted by atomic mass is 32.2. The van der Waals surface area contributed by atoms with E-state index in [1.807, 2.05) is 0 Å². The van der Waals surface area contributed by atoms with Crippen molar-refractivity contribution < 1.29 is 22.3 Å². The quantitative estimate of drug-likeness (QED) is 0.605. The molecule has 0 bridgehead atoms. The van der Waals surface area contributed by atoms with Crippen LogP contribution in [0.25, 0.3) is 0 Å². The maximum Gasteiger partial charge on any atom is 0.350 e. The number of nitrogens with one attached hydrogen (secondary N) is 1. The Balaban J connectivity index is 3.46. The summed E-state index contributed by atoms with van der Waals surface area (Å²) < 4.78 is 46.3. The Morgan fingerprint density at radius 2 is 2.00 bits per heavy atom. The van der Waals surface area contributed by atoms with Gasteiger partial charge in [0.15, 0.2) is 0 Å². The van der Waals surface area contributed by atoms with Gasteiger partial charge in [-0.1, -0.05) is 0 Å². The van der Waals surface area contributed by atoms with Crippen molar-refractivity contribution in [2.45, 2.75) is 12.2 Å². The fraction of sp³-hybridized carbons (Fsp3) is 1.00. The molecule has 0 aliphatic carbocycles. The number of halogens is 2. The molecule has 0 spiro atoms. The lowest BCUT2D eigenvalue weighted by Gasteiger charge is -2.04. The van der Waals surface area contributed by atoms with Gasteiger partial charge in [0, 0.05) is 18.9 Å². The van der Waals surface area contributed by atoms with Gasteiger partial charge in [-0.25, -0.2) is 13.1 Å². The summed E-state index contributed by atoms with van der Waals surface area (Å²) in [7, 11) is -4.44. The zero-order valence-corrected chi connectivity index (χ0v) is 9.08. The van der Waals surface area contributed by atoms with Gasteiger partial charge in [-0.2, -0.15) is 20.5 Å². The Kier molecular flexibility index (Phi) is 7.42. The highest BCUT2D eigenvalue weighted by Gasteiger charge is 2.22. The number of rotatable bonds is 8. The van der Waals surface area contributed by atoms with Crippen molar-refractivity contribution in [3.8, 4) is 0 Å². The lowest BCUT2D eigenvalue weighted by molar-refractivity contribution is 0.232. The van der Waals surface area contributed by atoms with Gasteiger partial charge in [0.1, 0.15) is 0 Å². The smallest absolute Gasteiger partial charge is 0.350 e. The summed E-state index contributed by atoms with van der Waals surface area (Å²) in [6, 6.07) is 0. The van der Waals surface area contributed by atoms with Crippen molar-refractivity contribution in [2.24, 2.45) is 0 Å². The van der Waals surface area contributed by atoms with Gasteiger partial charge < -0.3 is 5.11 Å². The van der Waals surface area contributed by atoms with Crippen molar-refractivity contribution in [1.82, 2.24) is 4.72 Å². The monoisotopic (exact) mass is 249 g/mol. The third kappa shape index (κ3) is 6.52. The van der Waals surface area contributed by atoms with Gasteiger partial charge >= 0.3 is 5.76 Å². The molecule has 0 unspecified atom stereocenters. The third-order valence-corrected chi connectivity index (χ3v) is 3.38. The lowest BCUT2D eigenvalue weighted by Crippen LogP contribution is -2.31. The summed E-state index contributed by atoms with van der Waals surface area (Å²) in [5.41, 5.74) is 0. The fourth-order valence-electron chi connectivity index (χ4n) is 0.588. The van der Waals surface area contributed by atoms with E-state index in [0.29, 0.717) is 17.9 Å². The maximum atomic E-state index is 11.8. The number of hydrogen-bond donors (Lipinski definition) is 2. The Labute approximate surface area is 86.1 Å². The van der Waals surface area contributed by atoms with Crippen molar-refractivity contribution >= 4 is 21.8 Å². The van der Waals surface area contributed by atoms with E-state index in [-0.39, 0.29) is 13.2 Å². The average molecular weight is 249 g/mol. The molecule has 0 aliphatic heterocycles. The Hall–Kier alpha value is 0.0800. The number of aliphatic hydroxyl groups excluding tert-OH is 1. The molecule has 0 radical (unpaired) electrons. The largest absolute Gasteiger partial charge is 0.396 e. The number of alkyl halides is 2.